The van der Waals surface area contributed by atoms with Crippen molar-refractivity contribution in [3.8, 4) is 0 Å². The molecule has 3 heterocycles. The number of hydrogen-bond acceptors (Lipinski definition) is 7. The van der Waals surface area contributed by atoms with Crippen molar-refractivity contribution in [3.63, 3.8) is 0 Å². The number of aryl methyl sites for hydroxylation is 1. The van der Waals surface area contributed by atoms with Crippen molar-refractivity contribution in [2.24, 2.45) is 0 Å². The molecule has 5 rings (SSSR count). The molecule has 1 saturated heterocycles. The van der Waals surface area contributed by atoms with E-state index in [2.05, 4.69) is 60.0 Å². The fourth-order valence-electron chi connectivity index (χ4n) is 4.07. The summed E-state index contributed by atoms with van der Waals surface area (Å²) in [5.74, 6) is 2.85. The third-order valence-corrected chi connectivity index (χ3v) is 6.04. The highest BCUT2D eigenvalue weighted by molar-refractivity contribution is 5.54. The molecule has 1 atom stereocenters. The molecule has 1 saturated carbocycles. The predicted octanol–water partition coefficient (Wildman–Crippen LogP) is 3.52. The number of morpholine rings is 1. The lowest BCUT2D eigenvalue weighted by Crippen LogP contribution is -2.37. The van der Waals surface area contributed by atoms with Gasteiger partial charge in [-0.1, -0.05) is 23.8 Å². The molecule has 0 amide bonds. The Morgan fingerprint density at radius 3 is 2.81 bits per heavy atom. The predicted molar refractivity (Wildman–Crippen MR) is 122 cm³/mol. The number of anilines is 3. The monoisotopic (exact) mass is 421 g/mol. The molecule has 3 N–H and O–H groups in total. The van der Waals surface area contributed by atoms with E-state index in [0.717, 1.165) is 63.0 Å². The molecule has 0 spiro atoms. The molecule has 2 aliphatic carbocycles. The van der Waals surface area contributed by atoms with E-state index in [1.165, 1.54) is 24.1 Å². The van der Waals surface area contributed by atoms with E-state index in [1.54, 1.807) is 0 Å². The first-order valence-electron chi connectivity index (χ1n) is 11.3. The topological polar surface area (TPSA) is 91.0 Å². The molecule has 164 valence electrons. The van der Waals surface area contributed by atoms with Gasteiger partial charge in [-0.05, 0) is 32.6 Å². The van der Waals surface area contributed by atoms with E-state index in [0.29, 0.717) is 11.9 Å². The molecule has 31 heavy (non-hydrogen) atoms. The number of nitrogens with one attached hydrogen (secondary N) is 3. The van der Waals surface area contributed by atoms with Crippen molar-refractivity contribution >= 4 is 17.6 Å². The van der Waals surface area contributed by atoms with Crippen molar-refractivity contribution in [1.29, 1.82) is 0 Å². The molecule has 3 aliphatic rings. The van der Waals surface area contributed by atoms with Crippen LogP contribution < -0.4 is 10.6 Å². The summed E-state index contributed by atoms with van der Waals surface area (Å²) in [6.07, 6.45) is 11.3. The summed E-state index contributed by atoms with van der Waals surface area (Å²) in [6, 6.07) is 4.22. The molecule has 2 fully saturated rings. The van der Waals surface area contributed by atoms with Gasteiger partial charge in [0.25, 0.3) is 0 Å². The van der Waals surface area contributed by atoms with E-state index in [4.69, 9.17) is 4.74 Å². The first-order valence-corrected chi connectivity index (χ1v) is 11.3. The molecule has 0 radical (unpaired) electrons. The minimum atomic E-state index is 0.202. The van der Waals surface area contributed by atoms with Crippen molar-refractivity contribution in [3.05, 3.63) is 47.3 Å². The van der Waals surface area contributed by atoms with Crippen LogP contribution >= 0.6 is 0 Å². The van der Waals surface area contributed by atoms with Crippen LogP contribution in [0, 0.1) is 6.92 Å². The number of allylic oxidation sites excluding steroid dienone is 1. The highest BCUT2D eigenvalue weighted by Crippen LogP contribution is 2.39. The number of aromatic amines is 1. The molecule has 0 aromatic carbocycles. The maximum Gasteiger partial charge on any atom is 0.225 e. The van der Waals surface area contributed by atoms with Gasteiger partial charge in [0.2, 0.25) is 5.95 Å². The maximum atomic E-state index is 5.43. The van der Waals surface area contributed by atoms with Gasteiger partial charge in [0.05, 0.1) is 19.3 Å². The molecule has 0 bridgehead atoms. The molecular formula is C23H31N7O. The lowest BCUT2D eigenvalue weighted by molar-refractivity contribution is 0.0385. The van der Waals surface area contributed by atoms with Crippen LogP contribution in [0.25, 0.3) is 0 Å². The number of H-pyrrole nitrogens is 1. The third-order valence-electron chi connectivity index (χ3n) is 6.04. The Kier molecular flexibility index (Phi) is 5.99. The number of rotatable bonds is 8. The summed E-state index contributed by atoms with van der Waals surface area (Å²) in [7, 11) is 0. The Bertz CT molecular complexity index is 957. The quantitative estimate of drug-likeness (QED) is 0.601. The van der Waals surface area contributed by atoms with Crippen molar-refractivity contribution < 1.29 is 4.74 Å². The van der Waals surface area contributed by atoms with E-state index < -0.39 is 0 Å². The Morgan fingerprint density at radius 1 is 1.16 bits per heavy atom. The molecular weight excluding hydrogens is 390 g/mol. The van der Waals surface area contributed by atoms with Crippen LogP contribution in [0.5, 0.6) is 0 Å². The Balaban J connectivity index is 1.14. The summed E-state index contributed by atoms with van der Waals surface area (Å²) >= 11 is 0. The molecule has 8 heteroatoms. The van der Waals surface area contributed by atoms with Crippen LogP contribution in [0.4, 0.5) is 17.6 Å². The molecule has 2 aromatic rings. The third kappa shape index (κ3) is 5.51. The number of aromatic nitrogens is 4. The van der Waals surface area contributed by atoms with Gasteiger partial charge < -0.3 is 15.4 Å². The van der Waals surface area contributed by atoms with Gasteiger partial charge >= 0.3 is 0 Å². The highest BCUT2D eigenvalue weighted by Gasteiger charge is 2.25. The van der Waals surface area contributed by atoms with Gasteiger partial charge in [0.1, 0.15) is 5.82 Å². The fourth-order valence-corrected chi connectivity index (χ4v) is 4.07. The van der Waals surface area contributed by atoms with E-state index in [-0.39, 0.29) is 6.04 Å². The smallest absolute Gasteiger partial charge is 0.225 e. The average molecular weight is 422 g/mol. The van der Waals surface area contributed by atoms with Crippen LogP contribution in [0.1, 0.15) is 43.0 Å². The van der Waals surface area contributed by atoms with Crippen molar-refractivity contribution in [2.75, 3.05) is 43.5 Å². The van der Waals surface area contributed by atoms with Crippen molar-refractivity contribution in [2.45, 2.75) is 44.6 Å². The summed E-state index contributed by atoms with van der Waals surface area (Å²) < 4.78 is 5.43. The number of hydrogen-bond donors (Lipinski definition) is 3. The van der Waals surface area contributed by atoms with Gasteiger partial charge in [0.15, 0.2) is 5.82 Å². The second-order valence-corrected chi connectivity index (χ2v) is 8.65. The zero-order valence-corrected chi connectivity index (χ0v) is 18.1. The maximum absolute atomic E-state index is 5.43. The Hall–Kier alpha value is -2.71. The van der Waals surface area contributed by atoms with Crippen LogP contribution in [0.2, 0.25) is 0 Å². The first kappa shape index (κ1) is 20.2. The minimum Gasteiger partial charge on any atom is -0.379 e. The summed E-state index contributed by atoms with van der Waals surface area (Å²) in [5.41, 5.74) is 3.52. The average Bonchev–Trinajstić information content (AvgIpc) is 3.53. The minimum absolute atomic E-state index is 0.202. The highest BCUT2D eigenvalue weighted by atomic mass is 16.5. The van der Waals surface area contributed by atoms with Gasteiger partial charge in [-0.25, -0.2) is 4.98 Å². The Morgan fingerprint density at radius 2 is 2.03 bits per heavy atom. The molecule has 1 aliphatic heterocycles. The normalized spacial score (nSPS) is 21.7. The number of ether oxygens (including phenoxy) is 1. The lowest BCUT2D eigenvalue weighted by Gasteiger charge is -2.27. The van der Waals surface area contributed by atoms with E-state index in [9.17, 15) is 0 Å². The van der Waals surface area contributed by atoms with Gasteiger partial charge in [-0.15, -0.1) is 0 Å². The van der Waals surface area contributed by atoms with Crippen molar-refractivity contribution in [1.82, 2.24) is 25.1 Å². The summed E-state index contributed by atoms with van der Waals surface area (Å²) in [5, 5.41) is 14.2. The molecule has 1 unspecified atom stereocenters. The largest absolute Gasteiger partial charge is 0.379 e. The van der Waals surface area contributed by atoms with Crippen LogP contribution in [0.15, 0.2) is 35.9 Å². The van der Waals surface area contributed by atoms with Crippen LogP contribution in [-0.4, -0.2) is 64.0 Å². The summed E-state index contributed by atoms with van der Waals surface area (Å²) in [4.78, 5) is 11.7. The fraction of sp³-hybridized carbons (Fsp3) is 0.522. The van der Waals surface area contributed by atoms with Gasteiger partial charge in [-0.2, -0.15) is 10.1 Å². The first-order chi connectivity index (χ1) is 15.2. The zero-order valence-electron chi connectivity index (χ0n) is 18.1. The van der Waals surface area contributed by atoms with Crippen LogP contribution in [0.3, 0.4) is 0 Å². The Labute approximate surface area is 183 Å². The SMILES string of the molecule is Cc1cc(Nc2cc(C3CC3)[nH]n2)nc(NC2C=CC(CCN3CCOCC3)=CC2)n1. The zero-order chi connectivity index (χ0) is 21.0. The second kappa shape index (κ2) is 9.20. The second-order valence-electron chi connectivity index (χ2n) is 8.65. The van der Waals surface area contributed by atoms with E-state index in [1.807, 2.05) is 13.0 Å². The molecule has 2 aromatic heterocycles. The van der Waals surface area contributed by atoms with Crippen LogP contribution in [-0.2, 0) is 4.74 Å². The lowest BCUT2D eigenvalue weighted by atomic mass is 10.0. The van der Waals surface area contributed by atoms with Gasteiger partial charge in [0, 0.05) is 49.1 Å². The molecule has 8 nitrogen and oxygen atoms in total. The van der Waals surface area contributed by atoms with E-state index >= 15 is 0 Å². The standard InChI is InChI=1S/C23H31N7O/c1-16-14-21(26-22-15-20(28-29-22)18-4-5-18)27-23(24-16)25-19-6-2-17(3-7-19)8-9-30-10-12-31-13-11-30/h2-3,6,14-15,18-19H,4-5,7-13H2,1H3,(H3,24,25,26,27,28,29). The number of nitrogens with zero attached hydrogens (tertiary/aromatic N) is 4. The van der Waals surface area contributed by atoms with Gasteiger partial charge in [-0.3, -0.25) is 10.00 Å². The summed E-state index contributed by atoms with van der Waals surface area (Å²) in [6.45, 7) is 6.89.